The summed E-state index contributed by atoms with van der Waals surface area (Å²) < 4.78 is 0. The van der Waals surface area contributed by atoms with Crippen molar-refractivity contribution in [2.45, 2.75) is 76.7 Å². The third kappa shape index (κ3) is 2.87. The van der Waals surface area contributed by atoms with Crippen molar-refractivity contribution in [3.8, 4) is 0 Å². The van der Waals surface area contributed by atoms with E-state index in [1.54, 1.807) is 4.88 Å². The van der Waals surface area contributed by atoms with E-state index in [1.807, 2.05) is 11.3 Å². The smallest absolute Gasteiger partial charge is 0.0990 e. The van der Waals surface area contributed by atoms with Crippen LogP contribution in [0.15, 0.2) is 0 Å². The van der Waals surface area contributed by atoms with Crippen LogP contribution < -0.4 is 5.32 Å². The van der Waals surface area contributed by atoms with Crippen LogP contribution in [-0.4, -0.2) is 17.1 Å². The van der Waals surface area contributed by atoms with E-state index in [4.69, 9.17) is 4.98 Å². The van der Waals surface area contributed by atoms with E-state index in [1.165, 1.54) is 42.8 Å². The van der Waals surface area contributed by atoms with Gasteiger partial charge in [-0.3, -0.25) is 0 Å². The average molecular weight is 278 g/mol. The molecule has 1 saturated carbocycles. The Morgan fingerprint density at radius 2 is 2.11 bits per heavy atom. The molecule has 0 aromatic carbocycles. The van der Waals surface area contributed by atoms with E-state index in [0.717, 1.165) is 6.54 Å². The summed E-state index contributed by atoms with van der Waals surface area (Å²) in [6, 6.07) is 0. The minimum atomic E-state index is 0.207. The normalized spacial score (nSPS) is 25.2. The van der Waals surface area contributed by atoms with Crippen LogP contribution in [0.2, 0.25) is 0 Å². The van der Waals surface area contributed by atoms with Crippen LogP contribution in [0.1, 0.15) is 74.9 Å². The molecular weight excluding hydrogens is 252 g/mol. The highest BCUT2D eigenvalue weighted by Gasteiger charge is 2.43. The highest BCUT2D eigenvalue weighted by Crippen LogP contribution is 2.50. The van der Waals surface area contributed by atoms with Crippen LogP contribution >= 0.6 is 11.3 Å². The SMILES string of the molecule is CC(C)(C)NCC1CCCc2sc(C3(C)CC3)nc21. The predicted octanol–water partition coefficient (Wildman–Crippen LogP) is 4.00. The first-order valence-electron chi connectivity index (χ1n) is 7.62. The van der Waals surface area contributed by atoms with Gasteiger partial charge in [0.15, 0.2) is 0 Å². The zero-order valence-electron chi connectivity index (χ0n) is 12.7. The second-order valence-corrected chi connectivity index (χ2v) is 8.69. The van der Waals surface area contributed by atoms with E-state index in [0.29, 0.717) is 11.3 Å². The first-order chi connectivity index (χ1) is 8.87. The van der Waals surface area contributed by atoms with Crippen LogP contribution in [0.25, 0.3) is 0 Å². The lowest BCUT2D eigenvalue weighted by atomic mass is 9.90. The molecule has 2 nitrogen and oxygen atoms in total. The second-order valence-electron chi connectivity index (χ2n) is 7.61. The number of hydrogen-bond acceptors (Lipinski definition) is 3. The Hall–Kier alpha value is -0.410. The molecule has 1 atom stereocenters. The Labute approximate surface area is 121 Å². The van der Waals surface area contributed by atoms with Crippen molar-refractivity contribution in [3.63, 3.8) is 0 Å². The maximum absolute atomic E-state index is 5.05. The number of thiazole rings is 1. The third-order valence-electron chi connectivity index (χ3n) is 4.47. The molecule has 1 unspecified atom stereocenters. The average Bonchev–Trinajstić information content (AvgIpc) is 2.91. The molecule has 1 fully saturated rings. The van der Waals surface area contributed by atoms with Gasteiger partial charge in [-0.25, -0.2) is 4.98 Å². The van der Waals surface area contributed by atoms with Crippen LogP contribution in [0.5, 0.6) is 0 Å². The van der Waals surface area contributed by atoms with Crippen LogP contribution in [-0.2, 0) is 11.8 Å². The highest BCUT2D eigenvalue weighted by atomic mass is 32.1. The summed E-state index contributed by atoms with van der Waals surface area (Å²) in [5, 5.41) is 5.08. The number of aryl methyl sites for hydroxylation is 1. The van der Waals surface area contributed by atoms with Crippen LogP contribution in [0.4, 0.5) is 0 Å². The summed E-state index contributed by atoms with van der Waals surface area (Å²) in [5.74, 6) is 0.635. The lowest BCUT2D eigenvalue weighted by Crippen LogP contribution is -2.39. The molecule has 0 radical (unpaired) electrons. The standard InChI is InChI=1S/C16H26N2S/c1-15(2,3)17-10-11-6-5-7-12-13(11)18-14(19-12)16(4)8-9-16/h11,17H,5-10H2,1-4H3. The van der Waals surface area contributed by atoms with Gasteiger partial charge in [0.1, 0.15) is 0 Å². The molecule has 19 heavy (non-hydrogen) atoms. The summed E-state index contributed by atoms with van der Waals surface area (Å²) in [4.78, 5) is 6.62. The maximum Gasteiger partial charge on any atom is 0.0990 e. The van der Waals surface area contributed by atoms with Gasteiger partial charge in [0.2, 0.25) is 0 Å². The van der Waals surface area contributed by atoms with E-state index in [9.17, 15) is 0 Å². The van der Waals surface area contributed by atoms with Gasteiger partial charge in [0.25, 0.3) is 0 Å². The van der Waals surface area contributed by atoms with Gasteiger partial charge in [0, 0.05) is 28.3 Å². The predicted molar refractivity (Wildman–Crippen MR) is 82.1 cm³/mol. The van der Waals surface area contributed by atoms with Crippen LogP contribution in [0, 0.1) is 0 Å². The highest BCUT2D eigenvalue weighted by molar-refractivity contribution is 7.12. The van der Waals surface area contributed by atoms with Crippen molar-refractivity contribution in [1.82, 2.24) is 10.3 Å². The Morgan fingerprint density at radius 3 is 2.74 bits per heavy atom. The lowest BCUT2D eigenvalue weighted by Gasteiger charge is -2.27. The number of aromatic nitrogens is 1. The number of nitrogens with zero attached hydrogens (tertiary/aromatic N) is 1. The van der Waals surface area contributed by atoms with Crippen molar-refractivity contribution < 1.29 is 0 Å². The Kier molecular flexibility index (Phi) is 3.25. The molecule has 0 aliphatic heterocycles. The molecule has 106 valence electrons. The van der Waals surface area contributed by atoms with E-state index >= 15 is 0 Å². The fraction of sp³-hybridized carbons (Fsp3) is 0.812. The van der Waals surface area contributed by atoms with Crippen molar-refractivity contribution >= 4 is 11.3 Å². The summed E-state index contributed by atoms with van der Waals surface area (Å²) in [7, 11) is 0. The quantitative estimate of drug-likeness (QED) is 0.904. The molecule has 1 heterocycles. The van der Waals surface area contributed by atoms with Crippen molar-refractivity contribution in [3.05, 3.63) is 15.6 Å². The number of hydrogen-bond donors (Lipinski definition) is 1. The minimum absolute atomic E-state index is 0.207. The molecular formula is C16H26N2S. The van der Waals surface area contributed by atoms with Gasteiger partial charge < -0.3 is 5.32 Å². The van der Waals surface area contributed by atoms with E-state index in [-0.39, 0.29) is 5.54 Å². The fourth-order valence-corrected chi connectivity index (χ4v) is 4.19. The largest absolute Gasteiger partial charge is 0.311 e. The molecule has 3 heteroatoms. The van der Waals surface area contributed by atoms with Crippen molar-refractivity contribution in [1.29, 1.82) is 0 Å². The van der Waals surface area contributed by atoms with Gasteiger partial charge in [0.05, 0.1) is 10.7 Å². The van der Waals surface area contributed by atoms with Crippen molar-refractivity contribution in [2.24, 2.45) is 0 Å². The summed E-state index contributed by atoms with van der Waals surface area (Å²) >= 11 is 2.00. The number of fused-ring (bicyclic) bond motifs is 1. The van der Waals surface area contributed by atoms with Crippen molar-refractivity contribution in [2.75, 3.05) is 6.54 Å². The molecule has 2 aliphatic carbocycles. The van der Waals surface area contributed by atoms with Gasteiger partial charge in [-0.1, -0.05) is 6.92 Å². The van der Waals surface area contributed by atoms with Gasteiger partial charge in [-0.15, -0.1) is 11.3 Å². The molecule has 1 N–H and O–H groups in total. The van der Waals surface area contributed by atoms with E-state index in [2.05, 4.69) is 33.0 Å². The summed E-state index contributed by atoms with van der Waals surface area (Å²) in [5.41, 5.74) is 2.07. The Morgan fingerprint density at radius 1 is 1.37 bits per heavy atom. The minimum Gasteiger partial charge on any atom is -0.311 e. The summed E-state index contributed by atoms with van der Waals surface area (Å²) in [6.45, 7) is 10.2. The Balaban J connectivity index is 1.78. The first-order valence-corrected chi connectivity index (χ1v) is 8.44. The molecule has 1 aromatic heterocycles. The third-order valence-corrected chi connectivity index (χ3v) is 5.90. The number of nitrogens with one attached hydrogen (secondary N) is 1. The zero-order valence-corrected chi connectivity index (χ0v) is 13.5. The molecule has 0 bridgehead atoms. The van der Waals surface area contributed by atoms with Gasteiger partial charge >= 0.3 is 0 Å². The monoisotopic (exact) mass is 278 g/mol. The van der Waals surface area contributed by atoms with Gasteiger partial charge in [-0.05, 0) is 52.9 Å². The molecule has 0 spiro atoms. The Bertz CT molecular complexity index is 466. The molecule has 0 amide bonds. The molecule has 3 rings (SSSR count). The number of rotatable bonds is 3. The van der Waals surface area contributed by atoms with E-state index < -0.39 is 0 Å². The molecule has 2 aliphatic rings. The fourth-order valence-electron chi connectivity index (χ4n) is 2.79. The first kappa shape index (κ1) is 13.6. The molecule has 0 saturated heterocycles. The molecule has 1 aromatic rings. The topological polar surface area (TPSA) is 24.9 Å². The maximum atomic E-state index is 5.05. The second kappa shape index (κ2) is 4.56. The van der Waals surface area contributed by atoms with Gasteiger partial charge in [-0.2, -0.15) is 0 Å². The summed E-state index contributed by atoms with van der Waals surface area (Å²) in [6.07, 6.45) is 6.57. The lowest BCUT2D eigenvalue weighted by molar-refractivity contribution is 0.388. The zero-order chi connectivity index (χ0) is 13.7. The van der Waals surface area contributed by atoms with Crippen LogP contribution in [0.3, 0.4) is 0 Å².